The first-order valence-corrected chi connectivity index (χ1v) is 6.33. The van der Waals surface area contributed by atoms with Crippen molar-refractivity contribution >= 4 is 11.8 Å². The molecule has 90 valence electrons. The molecule has 2 rings (SSSR count). The van der Waals surface area contributed by atoms with E-state index >= 15 is 0 Å². The van der Waals surface area contributed by atoms with Crippen molar-refractivity contribution in [2.45, 2.75) is 29.4 Å². The molecule has 5 heteroatoms. The smallest absolute Gasteiger partial charge is 0.190 e. The van der Waals surface area contributed by atoms with Crippen molar-refractivity contribution in [2.75, 3.05) is 0 Å². The lowest BCUT2D eigenvalue weighted by Crippen LogP contribution is -2.17. The fraction of sp³-hybridized carbons (Fsp3) is 0.333. The molecule has 1 unspecified atom stereocenters. The van der Waals surface area contributed by atoms with Crippen molar-refractivity contribution in [3.63, 3.8) is 0 Å². The zero-order chi connectivity index (χ0) is 12.3. The fourth-order valence-corrected chi connectivity index (χ4v) is 2.31. The van der Waals surface area contributed by atoms with Crippen molar-refractivity contribution in [3.05, 3.63) is 36.2 Å². The summed E-state index contributed by atoms with van der Waals surface area (Å²) in [6.07, 6.45) is 2.47. The van der Waals surface area contributed by atoms with Gasteiger partial charge in [0.25, 0.3) is 0 Å². The molecule has 1 atom stereocenters. The van der Waals surface area contributed by atoms with E-state index in [0.29, 0.717) is 0 Å². The summed E-state index contributed by atoms with van der Waals surface area (Å²) in [6, 6.07) is 8.62. The first-order valence-electron chi connectivity index (χ1n) is 5.51. The maximum Gasteiger partial charge on any atom is 0.190 e. The van der Waals surface area contributed by atoms with Crippen molar-refractivity contribution in [2.24, 2.45) is 12.8 Å². The largest absolute Gasteiger partial charge is 0.328 e. The molecule has 2 aromatic rings. The first-order chi connectivity index (χ1) is 8.15. The summed E-state index contributed by atoms with van der Waals surface area (Å²) in [5.74, 6) is 0. The molecule has 0 radical (unpaired) electrons. The van der Waals surface area contributed by atoms with E-state index in [0.717, 1.165) is 16.5 Å². The molecule has 0 aliphatic heterocycles. The zero-order valence-electron chi connectivity index (χ0n) is 10.00. The van der Waals surface area contributed by atoms with Gasteiger partial charge in [-0.2, -0.15) is 5.10 Å². The van der Waals surface area contributed by atoms with Crippen LogP contribution in [0.2, 0.25) is 0 Å². The van der Waals surface area contributed by atoms with E-state index in [4.69, 9.17) is 5.73 Å². The Labute approximate surface area is 105 Å². The topological polar surface area (TPSA) is 56.7 Å². The number of nitrogens with two attached hydrogens (primary N) is 1. The molecule has 0 bridgehead atoms. The molecule has 4 nitrogen and oxygen atoms in total. The van der Waals surface area contributed by atoms with E-state index in [9.17, 15) is 0 Å². The van der Waals surface area contributed by atoms with Crippen LogP contribution in [0.4, 0.5) is 0 Å². The lowest BCUT2D eigenvalue weighted by Gasteiger charge is -2.06. The van der Waals surface area contributed by atoms with Gasteiger partial charge in [0.2, 0.25) is 0 Å². The number of aromatic nitrogens is 3. The van der Waals surface area contributed by atoms with Crippen LogP contribution in [0.3, 0.4) is 0 Å². The molecule has 0 saturated carbocycles. The second-order valence-corrected chi connectivity index (χ2v) is 5.13. The van der Waals surface area contributed by atoms with E-state index in [-0.39, 0.29) is 6.04 Å². The van der Waals surface area contributed by atoms with E-state index < -0.39 is 0 Å². The molecule has 17 heavy (non-hydrogen) atoms. The van der Waals surface area contributed by atoms with Crippen LogP contribution in [0, 0.1) is 0 Å². The van der Waals surface area contributed by atoms with Crippen LogP contribution in [0.1, 0.15) is 12.5 Å². The van der Waals surface area contributed by atoms with Crippen LogP contribution in [-0.2, 0) is 13.5 Å². The van der Waals surface area contributed by atoms with Crippen molar-refractivity contribution in [1.29, 1.82) is 0 Å². The van der Waals surface area contributed by atoms with Gasteiger partial charge in [0.15, 0.2) is 5.16 Å². The molecule has 2 N–H and O–H groups in total. The zero-order valence-corrected chi connectivity index (χ0v) is 10.8. The predicted octanol–water partition coefficient (Wildman–Crippen LogP) is 1.86. The maximum absolute atomic E-state index is 5.77. The number of aryl methyl sites for hydroxylation is 1. The predicted molar refractivity (Wildman–Crippen MR) is 68.9 cm³/mol. The number of benzene rings is 1. The third-order valence-electron chi connectivity index (χ3n) is 2.36. The Kier molecular flexibility index (Phi) is 3.81. The quantitative estimate of drug-likeness (QED) is 0.897. The Bertz CT molecular complexity index is 476. The lowest BCUT2D eigenvalue weighted by atomic mass is 10.1. The summed E-state index contributed by atoms with van der Waals surface area (Å²) < 4.78 is 1.76. The van der Waals surface area contributed by atoms with Gasteiger partial charge in [0, 0.05) is 18.0 Å². The Morgan fingerprint density at radius 1 is 1.35 bits per heavy atom. The number of hydrogen-bond donors (Lipinski definition) is 1. The van der Waals surface area contributed by atoms with Crippen LogP contribution < -0.4 is 5.73 Å². The number of hydrogen-bond acceptors (Lipinski definition) is 4. The minimum absolute atomic E-state index is 0.201. The third kappa shape index (κ3) is 3.31. The molecule has 1 aromatic heterocycles. The molecule has 0 fully saturated rings. The highest BCUT2D eigenvalue weighted by Crippen LogP contribution is 2.25. The summed E-state index contributed by atoms with van der Waals surface area (Å²) in [5, 5.41) is 4.93. The van der Waals surface area contributed by atoms with E-state index in [1.165, 1.54) is 5.56 Å². The summed E-state index contributed by atoms with van der Waals surface area (Å²) in [5.41, 5.74) is 7.03. The standard InChI is InChI=1S/C12H16N4S/c1-9(13)7-10-3-5-11(6-4-10)17-12-14-8-15-16(12)2/h3-6,8-9H,7,13H2,1-2H3. The summed E-state index contributed by atoms with van der Waals surface area (Å²) >= 11 is 1.61. The number of rotatable bonds is 4. The Balaban J connectivity index is 2.06. The Morgan fingerprint density at radius 3 is 2.59 bits per heavy atom. The van der Waals surface area contributed by atoms with Gasteiger partial charge in [-0.1, -0.05) is 23.9 Å². The van der Waals surface area contributed by atoms with Gasteiger partial charge >= 0.3 is 0 Å². The highest BCUT2D eigenvalue weighted by molar-refractivity contribution is 7.99. The van der Waals surface area contributed by atoms with Crippen molar-refractivity contribution in [3.8, 4) is 0 Å². The molecule has 0 spiro atoms. The minimum atomic E-state index is 0.201. The average molecular weight is 248 g/mol. The number of nitrogens with zero attached hydrogens (tertiary/aromatic N) is 3. The molecular formula is C12H16N4S. The van der Waals surface area contributed by atoms with Gasteiger partial charge in [-0.15, -0.1) is 0 Å². The molecule has 0 amide bonds. The van der Waals surface area contributed by atoms with Crippen LogP contribution in [0.5, 0.6) is 0 Å². The van der Waals surface area contributed by atoms with Crippen LogP contribution in [0.15, 0.2) is 40.6 Å². The maximum atomic E-state index is 5.77. The summed E-state index contributed by atoms with van der Waals surface area (Å²) in [4.78, 5) is 5.34. The normalized spacial score (nSPS) is 12.6. The first kappa shape index (κ1) is 12.1. The van der Waals surface area contributed by atoms with E-state index in [2.05, 4.69) is 34.3 Å². The average Bonchev–Trinajstić information content (AvgIpc) is 2.67. The summed E-state index contributed by atoms with van der Waals surface area (Å²) in [7, 11) is 1.89. The van der Waals surface area contributed by atoms with Gasteiger partial charge in [0.1, 0.15) is 6.33 Å². The lowest BCUT2D eigenvalue weighted by molar-refractivity contribution is 0.685. The van der Waals surface area contributed by atoms with Gasteiger partial charge in [-0.25, -0.2) is 9.67 Å². The minimum Gasteiger partial charge on any atom is -0.328 e. The second kappa shape index (κ2) is 5.33. The Hall–Kier alpha value is -1.33. The fourth-order valence-electron chi connectivity index (χ4n) is 1.55. The van der Waals surface area contributed by atoms with E-state index in [1.54, 1.807) is 22.8 Å². The second-order valence-electron chi connectivity index (χ2n) is 4.09. The Morgan fingerprint density at radius 2 is 2.06 bits per heavy atom. The van der Waals surface area contributed by atoms with Crippen molar-refractivity contribution in [1.82, 2.24) is 14.8 Å². The molecule has 0 saturated heterocycles. The molecule has 1 heterocycles. The molecule has 1 aromatic carbocycles. The molecule has 0 aliphatic rings. The van der Waals surface area contributed by atoms with Gasteiger partial charge in [-0.05, 0) is 31.0 Å². The van der Waals surface area contributed by atoms with Gasteiger partial charge in [0.05, 0.1) is 0 Å². The highest BCUT2D eigenvalue weighted by atomic mass is 32.2. The van der Waals surface area contributed by atoms with Gasteiger partial charge < -0.3 is 5.73 Å². The third-order valence-corrected chi connectivity index (χ3v) is 3.42. The summed E-state index contributed by atoms with van der Waals surface area (Å²) in [6.45, 7) is 2.02. The van der Waals surface area contributed by atoms with Crippen LogP contribution >= 0.6 is 11.8 Å². The highest BCUT2D eigenvalue weighted by Gasteiger charge is 2.04. The van der Waals surface area contributed by atoms with Crippen LogP contribution in [-0.4, -0.2) is 20.8 Å². The SMILES string of the molecule is CC(N)Cc1ccc(Sc2ncnn2C)cc1. The van der Waals surface area contributed by atoms with E-state index in [1.807, 2.05) is 14.0 Å². The van der Waals surface area contributed by atoms with Crippen molar-refractivity contribution < 1.29 is 0 Å². The molecular weight excluding hydrogens is 232 g/mol. The van der Waals surface area contributed by atoms with Crippen LogP contribution in [0.25, 0.3) is 0 Å². The monoisotopic (exact) mass is 248 g/mol. The molecule has 0 aliphatic carbocycles. The van der Waals surface area contributed by atoms with Gasteiger partial charge in [-0.3, -0.25) is 0 Å².